The number of aromatic nitrogens is 3. The van der Waals surface area contributed by atoms with Crippen LogP contribution in [0.4, 0.5) is 11.8 Å². The Morgan fingerprint density at radius 2 is 1.90 bits per heavy atom. The number of carbonyl (C=O) groups excluding carboxylic acids is 1. The standard InChI is InChI=1S/C29H34Cl2N6O2/c1-4-39-28(38)26-21(25-22(31)13-18(30)14-24(25)34-26)16-32-15-17-9-11-19(12-10-17)33-29-35-23-8-6-5-7-20(23)27(36-29)37(2)3/h5-8,13-14,17,19,32,34H,4,9-12,15-16H2,1-3H3,(H,33,35,36)/t17-,19+. The third-order valence-electron chi connectivity index (χ3n) is 7.32. The van der Waals surface area contributed by atoms with Crippen LogP contribution in [0.1, 0.15) is 48.7 Å². The number of esters is 1. The fourth-order valence-corrected chi connectivity index (χ4v) is 6.04. The van der Waals surface area contributed by atoms with Crippen molar-refractivity contribution < 1.29 is 9.53 Å². The van der Waals surface area contributed by atoms with Crippen molar-refractivity contribution in [2.24, 2.45) is 5.92 Å². The van der Waals surface area contributed by atoms with Gasteiger partial charge in [0.25, 0.3) is 0 Å². The van der Waals surface area contributed by atoms with Crippen molar-refractivity contribution in [3.05, 3.63) is 57.7 Å². The van der Waals surface area contributed by atoms with Gasteiger partial charge in [-0.3, -0.25) is 0 Å². The first-order valence-electron chi connectivity index (χ1n) is 13.4. The number of ether oxygens (including phenoxy) is 1. The summed E-state index contributed by atoms with van der Waals surface area (Å²) >= 11 is 12.7. The average molecular weight is 570 g/mol. The molecule has 5 rings (SSSR count). The number of fused-ring (bicyclic) bond motifs is 2. The molecule has 206 valence electrons. The SMILES string of the molecule is CCOC(=O)c1[nH]c2cc(Cl)cc(Cl)c2c1CNC[C@H]1CC[C@@H](Nc2nc(N(C)C)c3ccccc3n2)CC1. The fourth-order valence-electron chi connectivity index (χ4n) is 5.43. The summed E-state index contributed by atoms with van der Waals surface area (Å²) in [6, 6.07) is 11.9. The summed E-state index contributed by atoms with van der Waals surface area (Å²) in [5, 5.41) is 10.0. The van der Waals surface area contributed by atoms with E-state index in [9.17, 15) is 4.79 Å². The zero-order valence-corrected chi connectivity index (χ0v) is 24.0. The Balaban J connectivity index is 1.20. The lowest BCUT2D eigenvalue weighted by Crippen LogP contribution is -2.32. The summed E-state index contributed by atoms with van der Waals surface area (Å²) < 4.78 is 5.28. The van der Waals surface area contributed by atoms with Crippen LogP contribution in [-0.4, -0.2) is 54.2 Å². The number of carbonyl (C=O) groups is 1. The molecule has 0 spiro atoms. The average Bonchev–Trinajstić information content (AvgIpc) is 3.28. The molecule has 0 bridgehead atoms. The van der Waals surface area contributed by atoms with E-state index in [1.54, 1.807) is 19.1 Å². The van der Waals surface area contributed by atoms with E-state index in [1.165, 1.54) is 0 Å². The van der Waals surface area contributed by atoms with E-state index >= 15 is 0 Å². The lowest BCUT2D eigenvalue weighted by molar-refractivity contribution is 0.0519. The van der Waals surface area contributed by atoms with E-state index in [4.69, 9.17) is 37.9 Å². The molecule has 1 aliphatic rings. The van der Waals surface area contributed by atoms with Gasteiger partial charge in [0.1, 0.15) is 11.5 Å². The summed E-state index contributed by atoms with van der Waals surface area (Å²) in [7, 11) is 4.01. The number of aromatic amines is 1. The number of hydrogen-bond donors (Lipinski definition) is 3. The van der Waals surface area contributed by atoms with Gasteiger partial charge in [-0.1, -0.05) is 35.3 Å². The predicted molar refractivity (Wildman–Crippen MR) is 159 cm³/mol. The van der Waals surface area contributed by atoms with Crippen molar-refractivity contribution in [3.63, 3.8) is 0 Å². The Kier molecular flexibility index (Phi) is 8.45. The molecule has 2 aromatic carbocycles. The van der Waals surface area contributed by atoms with E-state index in [0.29, 0.717) is 46.8 Å². The number of hydrogen-bond acceptors (Lipinski definition) is 7. The maximum absolute atomic E-state index is 12.6. The summed E-state index contributed by atoms with van der Waals surface area (Å²) in [5.74, 6) is 1.75. The van der Waals surface area contributed by atoms with Gasteiger partial charge in [0.2, 0.25) is 5.95 Å². The molecule has 0 aliphatic heterocycles. The Morgan fingerprint density at radius 3 is 2.64 bits per heavy atom. The number of halogens is 2. The molecule has 1 aliphatic carbocycles. The van der Waals surface area contributed by atoms with Gasteiger partial charge in [-0.2, -0.15) is 4.98 Å². The number of rotatable bonds is 9. The van der Waals surface area contributed by atoms with Crippen LogP contribution in [0.15, 0.2) is 36.4 Å². The predicted octanol–water partition coefficient (Wildman–Crippen LogP) is 6.42. The Bertz CT molecular complexity index is 1480. The highest BCUT2D eigenvalue weighted by atomic mass is 35.5. The van der Waals surface area contributed by atoms with E-state index in [-0.39, 0.29) is 0 Å². The molecule has 0 amide bonds. The summed E-state index contributed by atoms with van der Waals surface area (Å²) in [6.45, 7) is 3.45. The minimum atomic E-state index is -0.391. The van der Waals surface area contributed by atoms with Crippen molar-refractivity contribution in [1.82, 2.24) is 20.3 Å². The third kappa shape index (κ3) is 6.08. The second-order valence-electron chi connectivity index (χ2n) is 10.3. The van der Waals surface area contributed by atoms with Crippen LogP contribution in [0.3, 0.4) is 0 Å². The summed E-state index contributed by atoms with van der Waals surface area (Å²) in [5.41, 5.74) is 2.90. The van der Waals surface area contributed by atoms with Crippen molar-refractivity contribution in [3.8, 4) is 0 Å². The molecule has 2 heterocycles. The second-order valence-corrected chi connectivity index (χ2v) is 11.1. The minimum absolute atomic E-state index is 0.299. The number of H-pyrrole nitrogens is 1. The number of nitrogens with one attached hydrogen (secondary N) is 3. The molecule has 8 nitrogen and oxygen atoms in total. The minimum Gasteiger partial charge on any atom is -0.461 e. The first-order valence-corrected chi connectivity index (χ1v) is 14.2. The first-order chi connectivity index (χ1) is 18.8. The van der Waals surface area contributed by atoms with Crippen molar-refractivity contribution in [1.29, 1.82) is 0 Å². The number of anilines is 2. The molecule has 0 atom stereocenters. The molecule has 10 heteroatoms. The number of benzene rings is 2. The van der Waals surface area contributed by atoms with Crippen molar-refractivity contribution in [2.45, 2.75) is 45.2 Å². The number of para-hydroxylation sites is 1. The van der Waals surface area contributed by atoms with Crippen LogP contribution < -0.4 is 15.5 Å². The normalized spacial score (nSPS) is 17.5. The van der Waals surface area contributed by atoms with Gasteiger partial charge in [0, 0.05) is 53.6 Å². The van der Waals surface area contributed by atoms with Crippen LogP contribution in [-0.2, 0) is 11.3 Å². The second kappa shape index (κ2) is 12.0. The molecular formula is C29H34Cl2N6O2. The van der Waals surface area contributed by atoms with Crippen LogP contribution in [0.2, 0.25) is 10.0 Å². The summed E-state index contributed by atoms with van der Waals surface area (Å²) in [6.07, 6.45) is 4.28. The van der Waals surface area contributed by atoms with Gasteiger partial charge in [-0.25, -0.2) is 9.78 Å². The molecule has 1 fully saturated rings. The smallest absolute Gasteiger partial charge is 0.355 e. The maximum Gasteiger partial charge on any atom is 0.355 e. The zero-order chi connectivity index (χ0) is 27.5. The maximum atomic E-state index is 12.6. The molecule has 4 aromatic rings. The number of nitrogens with zero attached hydrogens (tertiary/aromatic N) is 3. The van der Waals surface area contributed by atoms with E-state index in [1.807, 2.05) is 37.2 Å². The van der Waals surface area contributed by atoms with Crippen LogP contribution in [0.5, 0.6) is 0 Å². The highest BCUT2D eigenvalue weighted by Gasteiger charge is 2.24. The summed E-state index contributed by atoms with van der Waals surface area (Å²) in [4.78, 5) is 27.4. The molecule has 3 N–H and O–H groups in total. The van der Waals surface area contributed by atoms with Gasteiger partial charge < -0.3 is 25.3 Å². The monoisotopic (exact) mass is 568 g/mol. The lowest BCUT2D eigenvalue weighted by Gasteiger charge is -2.29. The highest BCUT2D eigenvalue weighted by Crippen LogP contribution is 2.33. The van der Waals surface area contributed by atoms with E-state index in [0.717, 1.165) is 65.4 Å². The van der Waals surface area contributed by atoms with E-state index in [2.05, 4.69) is 21.7 Å². The third-order valence-corrected chi connectivity index (χ3v) is 7.84. The topological polar surface area (TPSA) is 95.2 Å². The van der Waals surface area contributed by atoms with Crippen LogP contribution in [0.25, 0.3) is 21.8 Å². The molecule has 1 saturated carbocycles. The Morgan fingerprint density at radius 1 is 1.13 bits per heavy atom. The lowest BCUT2D eigenvalue weighted by atomic mass is 9.86. The van der Waals surface area contributed by atoms with Crippen molar-refractivity contribution >= 4 is 62.7 Å². The largest absolute Gasteiger partial charge is 0.461 e. The Labute approximate surface area is 238 Å². The zero-order valence-electron chi connectivity index (χ0n) is 22.5. The van der Waals surface area contributed by atoms with E-state index < -0.39 is 5.97 Å². The molecule has 2 aromatic heterocycles. The molecule has 0 radical (unpaired) electrons. The van der Waals surface area contributed by atoms with Gasteiger partial charge >= 0.3 is 5.97 Å². The fraction of sp³-hybridized carbons (Fsp3) is 0.414. The molecule has 0 saturated heterocycles. The van der Waals surface area contributed by atoms with Crippen LogP contribution in [0, 0.1) is 5.92 Å². The quantitative estimate of drug-likeness (QED) is 0.200. The van der Waals surface area contributed by atoms with Crippen LogP contribution >= 0.6 is 23.2 Å². The first kappa shape index (κ1) is 27.5. The molecule has 39 heavy (non-hydrogen) atoms. The van der Waals surface area contributed by atoms with Gasteiger partial charge in [-0.15, -0.1) is 0 Å². The van der Waals surface area contributed by atoms with Gasteiger partial charge in [-0.05, 0) is 69.3 Å². The molecular weight excluding hydrogens is 535 g/mol. The van der Waals surface area contributed by atoms with Gasteiger partial charge in [0.15, 0.2) is 0 Å². The Hall–Kier alpha value is -3.07. The molecule has 0 unspecified atom stereocenters. The highest BCUT2D eigenvalue weighted by molar-refractivity contribution is 6.39. The van der Waals surface area contributed by atoms with Crippen molar-refractivity contribution in [2.75, 3.05) is 37.5 Å². The van der Waals surface area contributed by atoms with Gasteiger partial charge in [0.05, 0.1) is 17.1 Å².